The van der Waals surface area contributed by atoms with Crippen LogP contribution in [0.15, 0.2) is 42.5 Å². The lowest BCUT2D eigenvalue weighted by atomic mass is 9.96. The van der Waals surface area contributed by atoms with Gasteiger partial charge in [-0.15, -0.1) is 0 Å². The summed E-state index contributed by atoms with van der Waals surface area (Å²) in [5.74, 6) is -1.41. The van der Waals surface area contributed by atoms with E-state index in [-0.39, 0.29) is 29.8 Å². The maximum atomic E-state index is 13.9. The first kappa shape index (κ1) is 18.4. The predicted molar refractivity (Wildman–Crippen MR) is 99.8 cm³/mol. The highest BCUT2D eigenvalue weighted by Crippen LogP contribution is 2.25. The molecule has 1 atom stereocenters. The molecule has 0 spiro atoms. The van der Waals surface area contributed by atoms with Gasteiger partial charge in [0.15, 0.2) is 0 Å². The van der Waals surface area contributed by atoms with Crippen LogP contribution in [0.25, 0.3) is 0 Å². The largest absolute Gasteiger partial charge is 0.338 e. The van der Waals surface area contributed by atoms with Gasteiger partial charge in [0.25, 0.3) is 5.91 Å². The summed E-state index contributed by atoms with van der Waals surface area (Å²) in [6.45, 7) is 2.64. The molecule has 1 heterocycles. The van der Waals surface area contributed by atoms with E-state index < -0.39 is 5.82 Å². The number of hydrogen-bond donors (Lipinski definition) is 1. The molecule has 2 amide bonds. The normalized spacial score (nSPS) is 17.0. The number of nitrogens with one attached hydrogen (secondary N) is 1. The first-order chi connectivity index (χ1) is 12.5. The Morgan fingerprint density at radius 1 is 1.19 bits per heavy atom. The van der Waals surface area contributed by atoms with Gasteiger partial charge in [0, 0.05) is 23.8 Å². The highest BCUT2D eigenvalue weighted by Gasteiger charge is 2.30. The molecular weight excluding hydrogens is 355 g/mol. The SMILES string of the molecule is Cc1c(Cl)cccc1NC(=O)[C@H]1CCCN(C(=O)c2ccccc2F)C1. The summed E-state index contributed by atoms with van der Waals surface area (Å²) in [7, 11) is 0. The molecule has 2 aromatic carbocycles. The second-order valence-corrected chi connectivity index (χ2v) is 6.88. The molecule has 0 aromatic heterocycles. The van der Waals surface area contributed by atoms with Gasteiger partial charge in [0.1, 0.15) is 5.82 Å². The van der Waals surface area contributed by atoms with Gasteiger partial charge in [0.2, 0.25) is 5.91 Å². The number of carbonyl (C=O) groups excluding carboxylic acids is 2. The number of halogens is 2. The van der Waals surface area contributed by atoms with Gasteiger partial charge in [-0.1, -0.05) is 29.8 Å². The summed E-state index contributed by atoms with van der Waals surface area (Å²) in [5, 5.41) is 3.48. The number of benzene rings is 2. The van der Waals surface area contributed by atoms with Crippen LogP contribution in [-0.2, 0) is 4.79 Å². The minimum atomic E-state index is -0.543. The molecule has 0 unspecified atom stereocenters. The maximum absolute atomic E-state index is 13.9. The summed E-state index contributed by atoms with van der Waals surface area (Å²) in [4.78, 5) is 26.8. The van der Waals surface area contributed by atoms with Crippen LogP contribution < -0.4 is 5.32 Å². The van der Waals surface area contributed by atoms with Crippen molar-refractivity contribution >= 4 is 29.1 Å². The average Bonchev–Trinajstić information content (AvgIpc) is 2.65. The fourth-order valence-corrected chi connectivity index (χ4v) is 3.33. The van der Waals surface area contributed by atoms with Crippen LogP contribution in [0.4, 0.5) is 10.1 Å². The third-order valence-corrected chi connectivity index (χ3v) is 5.12. The molecule has 2 aromatic rings. The Morgan fingerprint density at radius 2 is 1.96 bits per heavy atom. The molecule has 0 radical (unpaired) electrons. The summed E-state index contributed by atoms with van der Waals surface area (Å²) >= 11 is 6.09. The Balaban J connectivity index is 1.70. The molecule has 1 saturated heterocycles. The first-order valence-corrected chi connectivity index (χ1v) is 8.95. The molecule has 1 aliphatic heterocycles. The fourth-order valence-electron chi connectivity index (χ4n) is 3.16. The number of anilines is 1. The van der Waals surface area contributed by atoms with Gasteiger partial charge in [-0.3, -0.25) is 9.59 Å². The van der Waals surface area contributed by atoms with Crippen molar-refractivity contribution in [2.45, 2.75) is 19.8 Å². The van der Waals surface area contributed by atoms with E-state index in [0.717, 1.165) is 5.56 Å². The smallest absolute Gasteiger partial charge is 0.256 e. The Labute approximate surface area is 157 Å². The van der Waals surface area contributed by atoms with Gasteiger partial charge >= 0.3 is 0 Å². The zero-order valence-corrected chi connectivity index (χ0v) is 15.2. The van der Waals surface area contributed by atoms with E-state index in [4.69, 9.17) is 11.6 Å². The third-order valence-electron chi connectivity index (χ3n) is 4.71. The standard InChI is InChI=1S/C20H20ClFN2O2/c1-13-16(21)8-4-10-18(13)23-19(25)14-6-5-11-24(12-14)20(26)15-7-2-3-9-17(15)22/h2-4,7-10,14H,5-6,11-12H2,1H3,(H,23,25)/t14-/m0/s1. The molecule has 1 N–H and O–H groups in total. The average molecular weight is 375 g/mol. The van der Waals surface area contributed by atoms with Gasteiger partial charge < -0.3 is 10.2 Å². The van der Waals surface area contributed by atoms with E-state index in [1.807, 2.05) is 6.92 Å². The van der Waals surface area contributed by atoms with Crippen LogP contribution in [0.1, 0.15) is 28.8 Å². The molecular formula is C20H20ClFN2O2. The van der Waals surface area contributed by atoms with Crippen molar-refractivity contribution < 1.29 is 14.0 Å². The molecule has 0 aliphatic carbocycles. The highest BCUT2D eigenvalue weighted by atomic mass is 35.5. The van der Waals surface area contributed by atoms with Crippen LogP contribution in [0.2, 0.25) is 5.02 Å². The third kappa shape index (κ3) is 3.88. The van der Waals surface area contributed by atoms with E-state index in [9.17, 15) is 14.0 Å². The minimum Gasteiger partial charge on any atom is -0.338 e. The van der Waals surface area contributed by atoms with E-state index in [1.54, 1.807) is 35.2 Å². The van der Waals surface area contributed by atoms with Crippen LogP contribution in [-0.4, -0.2) is 29.8 Å². The number of carbonyl (C=O) groups is 2. The van der Waals surface area contributed by atoms with Crippen molar-refractivity contribution in [2.24, 2.45) is 5.92 Å². The number of amides is 2. The summed E-state index contributed by atoms with van der Waals surface area (Å²) in [6, 6.07) is 11.3. The zero-order chi connectivity index (χ0) is 18.7. The Hall–Kier alpha value is -2.40. The lowest BCUT2D eigenvalue weighted by Crippen LogP contribution is -2.44. The Kier molecular flexibility index (Phi) is 5.57. The lowest BCUT2D eigenvalue weighted by Gasteiger charge is -2.32. The summed E-state index contributed by atoms with van der Waals surface area (Å²) in [6.07, 6.45) is 1.39. The van der Waals surface area contributed by atoms with Crippen LogP contribution in [0.3, 0.4) is 0 Å². The summed E-state index contributed by atoms with van der Waals surface area (Å²) < 4.78 is 13.9. The monoisotopic (exact) mass is 374 g/mol. The lowest BCUT2D eigenvalue weighted by molar-refractivity contribution is -0.121. The van der Waals surface area contributed by atoms with Crippen LogP contribution >= 0.6 is 11.6 Å². The molecule has 1 aliphatic rings. The van der Waals surface area contributed by atoms with Gasteiger partial charge in [-0.25, -0.2) is 4.39 Å². The molecule has 0 bridgehead atoms. The van der Waals surface area contributed by atoms with Crippen LogP contribution in [0.5, 0.6) is 0 Å². The topological polar surface area (TPSA) is 49.4 Å². The number of rotatable bonds is 3. The van der Waals surface area contributed by atoms with E-state index in [1.165, 1.54) is 12.1 Å². The molecule has 4 nitrogen and oxygen atoms in total. The fraction of sp³-hybridized carbons (Fsp3) is 0.300. The van der Waals surface area contributed by atoms with Gasteiger partial charge in [0.05, 0.1) is 11.5 Å². The quantitative estimate of drug-likeness (QED) is 0.871. The van der Waals surface area contributed by atoms with Crippen molar-refractivity contribution in [3.05, 3.63) is 64.4 Å². The second kappa shape index (κ2) is 7.87. The van der Waals surface area contributed by atoms with E-state index in [2.05, 4.69) is 5.32 Å². The van der Waals surface area contributed by atoms with Crippen molar-refractivity contribution in [3.8, 4) is 0 Å². The molecule has 136 valence electrons. The molecule has 3 rings (SSSR count). The van der Waals surface area contributed by atoms with Crippen molar-refractivity contribution in [2.75, 3.05) is 18.4 Å². The molecule has 0 saturated carbocycles. The number of nitrogens with zero attached hydrogens (tertiary/aromatic N) is 1. The summed E-state index contributed by atoms with van der Waals surface area (Å²) in [5.41, 5.74) is 1.51. The maximum Gasteiger partial charge on any atom is 0.256 e. The van der Waals surface area contributed by atoms with Crippen molar-refractivity contribution in [1.82, 2.24) is 4.90 Å². The molecule has 26 heavy (non-hydrogen) atoms. The second-order valence-electron chi connectivity index (χ2n) is 6.47. The number of likely N-dealkylation sites (tertiary alicyclic amines) is 1. The van der Waals surface area contributed by atoms with E-state index >= 15 is 0 Å². The van der Waals surface area contributed by atoms with Gasteiger partial charge in [-0.2, -0.15) is 0 Å². The van der Waals surface area contributed by atoms with Crippen LogP contribution in [0, 0.1) is 18.7 Å². The first-order valence-electron chi connectivity index (χ1n) is 8.57. The van der Waals surface area contributed by atoms with Crippen molar-refractivity contribution in [3.63, 3.8) is 0 Å². The predicted octanol–water partition coefficient (Wildman–Crippen LogP) is 4.28. The zero-order valence-electron chi connectivity index (χ0n) is 14.5. The Morgan fingerprint density at radius 3 is 2.73 bits per heavy atom. The molecule has 6 heteroatoms. The minimum absolute atomic E-state index is 0.0410. The number of piperidine rings is 1. The molecule has 1 fully saturated rings. The Bertz CT molecular complexity index is 840. The number of hydrogen-bond acceptors (Lipinski definition) is 2. The van der Waals surface area contributed by atoms with Crippen molar-refractivity contribution in [1.29, 1.82) is 0 Å². The van der Waals surface area contributed by atoms with E-state index in [0.29, 0.717) is 30.1 Å². The highest BCUT2D eigenvalue weighted by molar-refractivity contribution is 6.31. The van der Waals surface area contributed by atoms with Gasteiger partial charge in [-0.05, 0) is 49.6 Å².